The van der Waals surface area contributed by atoms with Gasteiger partial charge in [-0.25, -0.2) is 0 Å². The van der Waals surface area contributed by atoms with Crippen LogP contribution in [0.25, 0.3) is 0 Å². The molecule has 16 heavy (non-hydrogen) atoms. The minimum absolute atomic E-state index is 0.162. The average molecular weight is 230 g/mol. The first-order valence-corrected chi connectivity index (χ1v) is 5.82. The number of rotatable bonds is 3. The fourth-order valence-electron chi connectivity index (χ4n) is 1.55. The van der Waals surface area contributed by atoms with Gasteiger partial charge in [-0.15, -0.1) is 0 Å². The van der Waals surface area contributed by atoms with Crippen LogP contribution in [0.4, 0.5) is 0 Å². The maximum atomic E-state index is 8.00. The second kappa shape index (κ2) is 7.02. The largest absolute Gasteiger partial charge is 0.328 e. The van der Waals surface area contributed by atoms with Crippen LogP contribution >= 0.6 is 0 Å². The molecule has 0 spiro atoms. The van der Waals surface area contributed by atoms with E-state index in [9.17, 15) is 0 Å². The molecule has 0 rings (SSSR count). The normalized spacial score (nSPS) is 16.0. The molecule has 3 heteroatoms. The number of carbonyl (C=O) groups is 1. The molecule has 0 saturated carbocycles. The summed E-state index contributed by atoms with van der Waals surface area (Å²) in [5.74, 6) is 0. The number of hydrogen-bond acceptors (Lipinski definition) is 3. The van der Waals surface area contributed by atoms with E-state index >= 15 is 0 Å². The van der Waals surface area contributed by atoms with Gasteiger partial charge in [-0.05, 0) is 23.7 Å². The van der Waals surface area contributed by atoms with Crippen LogP contribution in [-0.4, -0.2) is 18.9 Å². The van der Waals surface area contributed by atoms with E-state index in [1.807, 2.05) is 6.79 Å². The van der Waals surface area contributed by atoms with Crippen LogP contribution in [-0.2, 0) is 4.79 Å². The summed E-state index contributed by atoms with van der Waals surface area (Å²) in [5, 5.41) is 0. The van der Waals surface area contributed by atoms with Crippen LogP contribution < -0.4 is 11.5 Å². The van der Waals surface area contributed by atoms with Gasteiger partial charge in [0.25, 0.3) is 0 Å². The Morgan fingerprint density at radius 3 is 1.62 bits per heavy atom. The number of nitrogens with two attached hydrogens (primary N) is 2. The Kier molecular flexibility index (Phi) is 7.89. The van der Waals surface area contributed by atoms with E-state index in [4.69, 9.17) is 16.3 Å². The predicted octanol–water partition coefficient (Wildman–Crippen LogP) is 2.33. The molecule has 0 aliphatic rings. The van der Waals surface area contributed by atoms with Crippen LogP contribution in [0.1, 0.15) is 54.4 Å². The first kappa shape index (κ1) is 18.0. The van der Waals surface area contributed by atoms with E-state index in [1.165, 1.54) is 0 Å². The summed E-state index contributed by atoms with van der Waals surface area (Å²) in [4.78, 5) is 8.00. The molecule has 0 heterocycles. The van der Waals surface area contributed by atoms with Crippen LogP contribution in [0.5, 0.6) is 0 Å². The molecule has 0 aromatic heterocycles. The van der Waals surface area contributed by atoms with Crippen molar-refractivity contribution in [2.24, 2.45) is 22.3 Å². The van der Waals surface area contributed by atoms with Gasteiger partial charge in [-0.2, -0.15) is 0 Å². The molecule has 0 bridgehead atoms. The summed E-state index contributed by atoms with van der Waals surface area (Å²) in [5.41, 5.74) is 12.6. The van der Waals surface area contributed by atoms with Gasteiger partial charge >= 0.3 is 0 Å². The van der Waals surface area contributed by atoms with Crippen molar-refractivity contribution in [3.63, 3.8) is 0 Å². The first-order chi connectivity index (χ1) is 7.02. The summed E-state index contributed by atoms with van der Waals surface area (Å²) >= 11 is 0. The van der Waals surface area contributed by atoms with Crippen LogP contribution in [0, 0.1) is 10.8 Å². The monoisotopic (exact) mass is 230 g/mol. The van der Waals surface area contributed by atoms with E-state index in [-0.39, 0.29) is 17.5 Å². The Morgan fingerprint density at radius 1 is 1.00 bits per heavy atom. The van der Waals surface area contributed by atoms with Gasteiger partial charge in [-0.1, -0.05) is 41.5 Å². The predicted molar refractivity (Wildman–Crippen MR) is 71.2 cm³/mol. The van der Waals surface area contributed by atoms with Crippen molar-refractivity contribution >= 4 is 6.79 Å². The van der Waals surface area contributed by atoms with Crippen molar-refractivity contribution in [2.45, 2.75) is 66.5 Å². The molecule has 3 nitrogen and oxygen atoms in total. The Labute approximate surface area is 101 Å². The fourth-order valence-corrected chi connectivity index (χ4v) is 1.55. The van der Waals surface area contributed by atoms with Crippen molar-refractivity contribution in [1.29, 1.82) is 0 Å². The third-order valence-electron chi connectivity index (χ3n) is 2.54. The Bertz CT molecular complexity index is 179. The van der Waals surface area contributed by atoms with Crippen molar-refractivity contribution < 1.29 is 4.79 Å². The molecule has 0 radical (unpaired) electrons. The minimum Gasteiger partial charge on any atom is -0.328 e. The second-order valence-corrected chi connectivity index (χ2v) is 6.73. The second-order valence-electron chi connectivity index (χ2n) is 6.73. The van der Waals surface area contributed by atoms with E-state index in [2.05, 4.69) is 41.5 Å². The van der Waals surface area contributed by atoms with Gasteiger partial charge in [0.2, 0.25) is 0 Å². The number of hydrogen-bond donors (Lipinski definition) is 2. The highest BCUT2D eigenvalue weighted by atomic mass is 16.1. The topological polar surface area (TPSA) is 69.1 Å². The lowest BCUT2D eigenvalue weighted by molar-refractivity contribution is -0.0979. The van der Waals surface area contributed by atoms with Crippen LogP contribution in [0.2, 0.25) is 0 Å². The number of carbonyl (C=O) groups excluding carboxylic acids is 1. The van der Waals surface area contributed by atoms with Crippen molar-refractivity contribution in [3.8, 4) is 0 Å². The summed E-state index contributed by atoms with van der Waals surface area (Å²) in [7, 11) is 0. The Morgan fingerprint density at radius 2 is 1.38 bits per heavy atom. The van der Waals surface area contributed by atoms with Gasteiger partial charge in [0.05, 0.1) is 0 Å². The van der Waals surface area contributed by atoms with Gasteiger partial charge in [0, 0.05) is 12.1 Å². The molecule has 0 aliphatic heterocycles. The van der Waals surface area contributed by atoms with E-state index in [0.29, 0.717) is 5.41 Å². The summed E-state index contributed by atoms with van der Waals surface area (Å²) in [6.07, 6.45) is 1.96. The first-order valence-electron chi connectivity index (χ1n) is 5.82. The van der Waals surface area contributed by atoms with E-state index in [1.54, 1.807) is 0 Å². The molecule has 2 atom stereocenters. The molecule has 0 amide bonds. The third kappa shape index (κ3) is 10.1. The standard InChI is InChI=1S/C12H28N2.CH2O/c1-11(2,3)8-9(13)7-10(14)12(4,5)6;1-2/h9-10H,7-8,13-14H2,1-6H3;1H2. The third-order valence-corrected chi connectivity index (χ3v) is 2.54. The van der Waals surface area contributed by atoms with Gasteiger partial charge in [0.15, 0.2) is 0 Å². The zero-order valence-corrected chi connectivity index (χ0v) is 11.8. The molecular formula is C13H30N2O. The van der Waals surface area contributed by atoms with Crippen LogP contribution in [0.15, 0.2) is 0 Å². The Hall–Kier alpha value is -0.410. The lowest BCUT2D eigenvalue weighted by Crippen LogP contribution is -2.41. The van der Waals surface area contributed by atoms with Crippen molar-refractivity contribution in [2.75, 3.05) is 0 Å². The molecule has 2 unspecified atom stereocenters. The Balaban J connectivity index is 0. The molecule has 4 N–H and O–H groups in total. The molecular weight excluding hydrogens is 200 g/mol. The molecule has 0 aromatic carbocycles. The molecule has 0 aromatic rings. The highest BCUT2D eigenvalue weighted by Crippen LogP contribution is 2.25. The molecule has 98 valence electrons. The lowest BCUT2D eigenvalue weighted by atomic mass is 9.80. The van der Waals surface area contributed by atoms with Crippen molar-refractivity contribution in [3.05, 3.63) is 0 Å². The zero-order valence-electron chi connectivity index (χ0n) is 11.8. The molecule has 0 saturated heterocycles. The fraction of sp³-hybridized carbons (Fsp3) is 0.923. The van der Waals surface area contributed by atoms with E-state index < -0.39 is 0 Å². The van der Waals surface area contributed by atoms with Gasteiger partial charge in [0.1, 0.15) is 6.79 Å². The average Bonchev–Trinajstić information content (AvgIpc) is 2.02. The quantitative estimate of drug-likeness (QED) is 0.782. The van der Waals surface area contributed by atoms with Crippen molar-refractivity contribution in [1.82, 2.24) is 0 Å². The maximum Gasteiger partial charge on any atom is 0.106 e. The van der Waals surface area contributed by atoms with Gasteiger partial charge in [-0.3, -0.25) is 0 Å². The molecule has 0 fully saturated rings. The zero-order chi connectivity index (χ0) is 13.6. The highest BCUT2D eigenvalue weighted by molar-refractivity contribution is 5.10. The summed E-state index contributed by atoms with van der Waals surface area (Å²) < 4.78 is 0. The maximum absolute atomic E-state index is 8.00. The van der Waals surface area contributed by atoms with Gasteiger partial charge < -0.3 is 16.3 Å². The minimum atomic E-state index is 0.162. The molecule has 0 aliphatic carbocycles. The SMILES string of the molecule is C=O.CC(C)(C)CC(N)CC(N)C(C)(C)C. The van der Waals surface area contributed by atoms with Crippen LogP contribution in [0.3, 0.4) is 0 Å². The van der Waals surface area contributed by atoms with E-state index in [0.717, 1.165) is 12.8 Å². The summed E-state index contributed by atoms with van der Waals surface area (Å²) in [6.45, 7) is 15.2. The highest BCUT2D eigenvalue weighted by Gasteiger charge is 2.24. The lowest BCUT2D eigenvalue weighted by Gasteiger charge is -2.31. The smallest absolute Gasteiger partial charge is 0.106 e. The summed E-state index contributed by atoms with van der Waals surface area (Å²) in [6, 6.07) is 0.420.